The molecule has 0 aromatic rings. The number of fused-ring (bicyclic) bond motifs is 1. The van der Waals surface area contributed by atoms with Crippen LogP contribution in [0.2, 0.25) is 0 Å². The summed E-state index contributed by atoms with van der Waals surface area (Å²) in [5, 5.41) is 0. The van der Waals surface area contributed by atoms with Gasteiger partial charge in [-0.25, -0.2) is 0 Å². The van der Waals surface area contributed by atoms with E-state index in [0.29, 0.717) is 6.42 Å². The molecule has 0 N–H and O–H groups in total. The lowest BCUT2D eigenvalue weighted by Gasteiger charge is -2.17. The van der Waals surface area contributed by atoms with E-state index >= 15 is 0 Å². The summed E-state index contributed by atoms with van der Waals surface area (Å²) < 4.78 is 10.9. The van der Waals surface area contributed by atoms with E-state index < -0.39 is 5.79 Å². The van der Waals surface area contributed by atoms with Gasteiger partial charge in [0.25, 0.3) is 0 Å². The van der Waals surface area contributed by atoms with Crippen molar-refractivity contribution in [1.29, 1.82) is 0 Å². The molecule has 0 radical (unpaired) electrons. The molecule has 0 bridgehead atoms. The minimum absolute atomic E-state index is 0.0255. The molecule has 3 nitrogen and oxygen atoms in total. The first kappa shape index (κ1) is 7.25. The smallest absolute Gasteiger partial charge is 0.164 e. The van der Waals surface area contributed by atoms with Gasteiger partial charge in [0, 0.05) is 6.42 Å². The summed E-state index contributed by atoms with van der Waals surface area (Å²) in [5.74, 6) is -0.355. The molecule has 1 heterocycles. The molecular formula is C8H12O3. The van der Waals surface area contributed by atoms with Gasteiger partial charge in [-0.1, -0.05) is 0 Å². The van der Waals surface area contributed by atoms with E-state index in [9.17, 15) is 4.79 Å². The van der Waals surface area contributed by atoms with Crippen LogP contribution in [0.25, 0.3) is 0 Å². The molecule has 1 aliphatic carbocycles. The highest BCUT2D eigenvalue weighted by Gasteiger charge is 2.48. The molecule has 1 aliphatic heterocycles. The van der Waals surface area contributed by atoms with Crippen LogP contribution in [-0.4, -0.2) is 23.8 Å². The van der Waals surface area contributed by atoms with Gasteiger partial charge >= 0.3 is 0 Å². The summed E-state index contributed by atoms with van der Waals surface area (Å²) in [6.45, 7) is 3.69. The number of ketones is 1. The molecular weight excluding hydrogens is 144 g/mol. The fraction of sp³-hybridized carbons (Fsp3) is 0.875. The van der Waals surface area contributed by atoms with Crippen LogP contribution >= 0.6 is 0 Å². The van der Waals surface area contributed by atoms with Gasteiger partial charge < -0.3 is 9.47 Å². The fourth-order valence-electron chi connectivity index (χ4n) is 1.75. The first-order valence-electron chi connectivity index (χ1n) is 3.97. The van der Waals surface area contributed by atoms with Crippen LogP contribution in [0.5, 0.6) is 0 Å². The third-order valence-electron chi connectivity index (χ3n) is 2.18. The van der Waals surface area contributed by atoms with Crippen molar-refractivity contribution < 1.29 is 14.3 Å². The molecule has 0 amide bonds. The third kappa shape index (κ3) is 1.08. The SMILES string of the molecule is CC1(C)O[C@@H]2CCC(=O)[C@@H]2O1. The Balaban J connectivity index is 2.16. The van der Waals surface area contributed by atoms with E-state index in [4.69, 9.17) is 9.47 Å². The zero-order chi connectivity index (χ0) is 8.06. The maximum absolute atomic E-state index is 11.1. The fourth-order valence-corrected chi connectivity index (χ4v) is 1.75. The molecule has 0 aromatic heterocycles. The number of carbonyl (C=O) groups is 1. The second-order valence-electron chi connectivity index (χ2n) is 3.60. The lowest BCUT2D eigenvalue weighted by molar-refractivity contribution is -0.159. The van der Waals surface area contributed by atoms with Crippen LogP contribution < -0.4 is 0 Å². The molecule has 2 aliphatic rings. The van der Waals surface area contributed by atoms with Crippen LogP contribution in [0.15, 0.2) is 0 Å². The first-order valence-corrected chi connectivity index (χ1v) is 3.97. The van der Waals surface area contributed by atoms with E-state index in [0.717, 1.165) is 6.42 Å². The lowest BCUT2D eigenvalue weighted by Crippen LogP contribution is -2.24. The predicted octanol–water partition coefficient (Wildman–Crippen LogP) is 0.869. The maximum atomic E-state index is 11.1. The summed E-state index contributed by atoms with van der Waals surface area (Å²) in [6.07, 6.45) is 1.20. The van der Waals surface area contributed by atoms with Crippen LogP contribution in [0.1, 0.15) is 26.7 Å². The van der Waals surface area contributed by atoms with Crippen molar-refractivity contribution in [2.45, 2.75) is 44.7 Å². The number of hydrogen-bond donors (Lipinski definition) is 0. The number of carbonyl (C=O) groups excluding carboxylic acids is 1. The van der Waals surface area contributed by atoms with Crippen molar-refractivity contribution in [3.63, 3.8) is 0 Å². The Bertz CT molecular complexity index is 198. The van der Waals surface area contributed by atoms with E-state index in [1.807, 2.05) is 13.8 Å². The van der Waals surface area contributed by atoms with Gasteiger partial charge in [0.1, 0.15) is 6.10 Å². The monoisotopic (exact) mass is 156 g/mol. The lowest BCUT2D eigenvalue weighted by atomic mass is 10.3. The van der Waals surface area contributed by atoms with Crippen LogP contribution in [0.3, 0.4) is 0 Å². The van der Waals surface area contributed by atoms with E-state index in [2.05, 4.69) is 0 Å². The molecule has 1 saturated heterocycles. The van der Waals surface area contributed by atoms with Gasteiger partial charge in [-0.2, -0.15) is 0 Å². The highest BCUT2D eigenvalue weighted by Crippen LogP contribution is 2.35. The quantitative estimate of drug-likeness (QED) is 0.522. The topological polar surface area (TPSA) is 35.5 Å². The number of ether oxygens (including phenoxy) is 2. The Labute approximate surface area is 65.7 Å². The van der Waals surface area contributed by atoms with E-state index in [1.165, 1.54) is 0 Å². The van der Waals surface area contributed by atoms with Gasteiger partial charge in [-0.05, 0) is 20.3 Å². The maximum Gasteiger partial charge on any atom is 0.164 e. The molecule has 2 rings (SSSR count). The molecule has 0 aromatic carbocycles. The second-order valence-corrected chi connectivity index (χ2v) is 3.60. The highest BCUT2D eigenvalue weighted by atomic mass is 16.8. The Morgan fingerprint density at radius 3 is 2.82 bits per heavy atom. The van der Waals surface area contributed by atoms with Crippen molar-refractivity contribution in [1.82, 2.24) is 0 Å². The largest absolute Gasteiger partial charge is 0.344 e. The Hall–Kier alpha value is -0.410. The third-order valence-corrected chi connectivity index (χ3v) is 2.18. The normalized spacial score (nSPS) is 41.1. The number of hydrogen-bond acceptors (Lipinski definition) is 3. The zero-order valence-electron chi connectivity index (χ0n) is 6.79. The summed E-state index contributed by atoms with van der Waals surface area (Å²) in [5.41, 5.74) is 0. The molecule has 0 unspecified atom stereocenters. The van der Waals surface area contributed by atoms with Gasteiger partial charge in [-0.3, -0.25) is 4.79 Å². The standard InChI is InChI=1S/C8H12O3/c1-8(2)10-6-4-3-5(9)7(6)11-8/h6-7H,3-4H2,1-2H3/t6-,7+/m1/s1. The second kappa shape index (κ2) is 2.05. The molecule has 0 spiro atoms. The summed E-state index contributed by atoms with van der Waals surface area (Å²) in [6, 6.07) is 0. The molecule has 62 valence electrons. The van der Waals surface area contributed by atoms with Gasteiger partial charge in [0.15, 0.2) is 11.6 Å². The first-order chi connectivity index (χ1) is 5.08. The molecule has 2 fully saturated rings. The molecule has 2 atom stereocenters. The Morgan fingerprint density at radius 2 is 2.18 bits per heavy atom. The predicted molar refractivity (Wildman–Crippen MR) is 38.1 cm³/mol. The minimum Gasteiger partial charge on any atom is -0.344 e. The van der Waals surface area contributed by atoms with Crippen LogP contribution in [0, 0.1) is 0 Å². The van der Waals surface area contributed by atoms with Crippen LogP contribution in [0.4, 0.5) is 0 Å². The Morgan fingerprint density at radius 1 is 1.45 bits per heavy atom. The molecule has 1 saturated carbocycles. The van der Waals surface area contributed by atoms with Crippen LogP contribution in [-0.2, 0) is 14.3 Å². The average Bonchev–Trinajstić information content (AvgIpc) is 2.31. The number of Topliss-reactive ketones (excluding diaryl/α,β-unsaturated/α-hetero) is 1. The molecule has 3 heteroatoms. The van der Waals surface area contributed by atoms with Crippen molar-refractivity contribution in [2.24, 2.45) is 0 Å². The zero-order valence-corrected chi connectivity index (χ0v) is 6.79. The average molecular weight is 156 g/mol. The summed E-state index contributed by atoms with van der Waals surface area (Å²) in [7, 11) is 0. The van der Waals surface area contributed by atoms with Gasteiger partial charge in [-0.15, -0.1) is 0 Å². The van der Waals surface area contributed by atoms with Crippen molar-refractivity contribution >= 4 is 5.78 Å². The van der Waals surface area contributed by atoms with Gasteiger partial charge in [0.05, 0.1) is 6.10 Å². The van der Waals surface area contributed by atoms with E-state index in [1.54, 1.807) is 0 Å². The number of rotatable bonds is 0. The van der Waals surface area contributed by atoms with E-state index in [-0.39, 0.29) is 18.0 Å². The summed E-state index contributed by atoms with van der Waals surface area (Å²) in [4.78, 5) is 11.1. The van der Waals surface area contributed by atoms with Gasteiger partial charge in [0.2, 0.25) is 0 Å². The molecule has 11 heavy (non-hydrogen) atoms. The summed E-state index contributed by atoms with van der Waals surface area (Å²) >= 11 is 0. The highest BCUT2D eigenvalue weighted by molar-refractivity contribution is 5.86. The Kier molecular flexibility index (Phi) is 1.35. The van der Waals surface area contributed by atoms with Crippen molar-refractivity contribution in [3.8, 4) is 0 Å². The van der Waals surface area contributed by atoms with Crippen molar-refractivity contribution in [3.05, 3.63) is 0 Å². The van der Waals surface area contributed by atoms with Crippen molar-refractivity contribution in [2.75, 3.05) is 0 Å². The minimum atomic E-state index is -0.550.